The maximum absolute atomic E-state index is 12.3. The van der Waals surface area contributed by atoms with E-state index in [-0.39, 0.29) is 5.78 Å². The van der Waals surface area contributed by atoms with Gasteiger partial charge in [0.2, 0.25) is 0 Å². The van der Waals surface area contributed by atoms with Crippen LogP contribution in [0.3, 0.4) is 0 Å². The second kappa shape index (κ2) is 7.59. The van der Waals surface area contributed by atoms with Gasteiger partial charge < -0.3 is 9.32 Å². The van der Waals surface area contributed by atoms with Gasteiger partial charge in [0.25, 0.3) is 0 Å². The van der Waals surface area contributed by atoms with Gasteiger partial charge in [-0.05, 0) is 51.4 Å². The van der Waals surface area contributed by atoms with E-state index >= 15 is 0 Å². The zero-order valence-electron chi connectivity index (χ0n) is 13.2. The van der Waals surface area contributed by atoms with E-state index in [9.17, 15) is 4.79 Å². The van der Waals surface area contributed by atoms with Crippen molar-refractivity contribution < 1.29 is 9.21 Å². The first-order chi connectivity index (χ1) is 10.8. The van der Waals surface area contributed by atoms with Crippen molar-refractivity contribution in [2.45, 2.75) is 44.9 Å². The van der Waals surface area contributed by atoms with Crippen molar-refractivity contribution in [3.05, 3.63) is 36.1 Å². The zero-order valence-corrected chi connectivity index (χ0v) is 13.2. The molecule has 0 radical (unpaired) electrons. The Balaban J connectivity index is 1.41. The van der Waals surface area contributed by atoms with E-state index in [0.29, 0.717) is 6.42 Å². The number of likely N-dealkylation sites (tertiary alicyclic amines) is 1. The molecule has 3 nitrogen and oxygen atoms in total. The normalized spacial score (nSPS) is 16.2. The number of para-hydroxylation sites is 1. The van der Waals surface area contributed by atoms with E-state index in [0.717, 1.165) is 29.4 Å². The average Bonchev–Trinajstić information content (AvgIpc) is 2.99. The number of Topliss-reactive ketones (excluding diaryl/α,β-unsaturated/α-hetero) is 1. The van der Waals surface area contributed by atoms with Crippen molar-refractivity contribution in [3.8, 4) is 0 Å². The van der Waals surface area contributed by atoms with Crippen molar-refractivity contribution in [2.75, 3.05) is 19.6 Å². The third-order valence-electron chi connectivity index (χ3n) is 4.61. The third-order valence-corrected chi connectivity index (χ3v) is 4.61. The molecule has 0 bridgehead atoms. The molecule has 2 aromatic rings. The Bertz CT molecular complexity index is 611. The Morgan fingerprint density at radius 3 is 2.73 bits per heavy atom. The van der Waals surface area contributed by atoms with Crippen LogP contribution in [0.5, 0.6) is 0 Å². The highest BCUT2D eigenvalue weighted by molar-refractivity contribution is 6.06. The van der Waals surface area contributed by atoms with Gasteiger partial charge in [-0.1, -0.05) is 31.0 Å². The van der Waals surface area contributed by atoms with Gasteiger partial charge in [0.1, 0.15) is 11.8 Å². The van der Waals surface area contributed by atoms with Crippen LogP contribution in [0.1, 0.15) is 55.3 Å². The van der Waals surface area contributed by atoms with E-state index in [4.69, 9.17) is 4.42 Å². The minimum absolute atomic E-state index is 0.211. The Morgan fingerprint density at radius 1 is 1.05 bits per heavy atom. The van der Waals surface area contributed by atoms with Crippen LogP contribution in [-0.4, -0.2) is 30.3 Å². The van der Waals surface area contributed by atoms with Gasteiger partial charge in [0.15, 0.2) is 5.78 Å². The number of hydrogen-bond acceptors (Lipinski definition) is 3. The Labute approximate surface area is 132 Å². The van der Waals surface area contributed by atoms with E-state index in [1.54, 1.807) is 6.26 Å². The highest BCUT2D eigenvalue weighted by Gasteiger charge is 2.13. The SMILES string of the molecule is O=C(CCCCCN1CCCCC1)c1coc2ccccc12. The zero-order chi connectivity index (χ0) is 15.2. The first kappa shape index (κ1) is 15.3. The number of hydrogen-bond donors (Lipinski definition) is 0. The van der Waals surface area contributed by atoms with Gasteiger partial charge in [-0.15, -0.1) is 0 Å². The van der Waals surface area contributed by atoms with Crippen LogP contribution >= 0.6 is 0 Å². The predicted molar refractivity (Wildman–Crippen MR) is 89.3 cm³/mol. The predicted octanol–water partition coefficient (Wildman–Crippen LogP) is 4.66. The van der Waals surface area contributed by atoms with E-state index in [1.165, 1.54) is 45.3 Å². The lowest BCUT2D eigenvalue weighted by atomic mass is 10.0. The van der Waals surface area contributed by atoms with E-state index in [1.807, 2.05) is 24.3 Å². The number of piperidine rings is 1. The van der Waals surface area contributed by atoms with Gasteiger partial charge in [0.05, 0.1) is 5.56 Å². The van der Waals surface area contributed by atoms with Crippen LogP contribution in [0.4, 0.5) is 0 Å². The molecule has 0 unspecified atom stereocenters. The number of carbonyl (C=O) groups excluding carboxylic acids is 1. The summed E-state index contributed by atoms with van der Waals surface area (Å²) in [7, 11) is 0. The maximum atomic E-state index is 12.3. The molecule has 3 heteroatoms. The van der Waals surface area contributed by atoms with Crippen LogP contribution in [0.15, 0.2) is 34.9 Å². The highest BCUT2D eigenvalue weighted by atomic mass is 16.3. The van der Waals surface area contributed by atoms with Crippen LogP contribution in [0, 0.1) is 0 Å². The minimum Gasteiger partial charge on any atom is -0.464 e. The Morgan fingerprint density at radius 2 is 1.86 bits per heavy atom. The summed E-state index contributed by atoms with van der Waals surface area (Å²) in [5.74, 6) is 0.211. The lowest BCUT2D eigenvalue weighted by Gasteiger charge is -2.26. The number of fused-ring (bicyclic) bond motifs is 1. The molecule has 3 rings (SSSR count). The monoisotopic (exact) mass is 299 g/mol. The van der Waals surface area contributed by atoms with Gasteiger partial charge in [-0.25, -0.2) is 0 Å². The lowest BCUT2D eigenvalue weighted by molar-refractivity contribution is 0.0979. The molecule has 1 aromatic heterocycles. The fourth-order valence-electron chi connectivity index (χ4n) is 3.31. The molecule has 0 atom stereocenters. The summed E-state index contributed by atoms with van der Waals surface area (Å²) in [6.45, 7) is 3.72. The molecule has 1 aliphatic rings. The molecular formula is C19H25NO2. The molecule has 118 valence electrons. The summed E-state index contributed by atoms with van der Waals surface area (Å²) in [5, 5.41) is 0.945. The number of carbonyl (C=O) groups is 1. The van der Waals surface area contributed by atoms with Crippen LogP contribution in [0.25, 0.3) is 11.0 Å². The third kappa shape index (κ3) is 3.77. The molecule has 0 saturated carbocycles. The van der Waals surface area contributed by atoms with Gasteiger partial charge in [0, 0.05) is 11.8 Å². The molecule has 1 aliphatic heterocycles. The van der Waals surface area contributed by atoms with Crippen LogP contribution in [-0.2, 0) is 0 Å². The van der Waals surface area contributed by atoms with Gasteiger partial charge in [-0.3, -0.25) is 4.79 Å². The fraction of sp³-hybridized carbons (Fsp3) is 0.526. The molecule has 0 amide bonds. The first-order valence-corrected chi connectivity index (χ1v) is 8.56. The largest absolute Gasteiger partial charge is 0.464 e. The molecule has 22 heavy (non-hydrogen) atoms. The summed E-state index contributed by atoms with van der Waals surface area (Å²) in [6, 6.07) is 7.75. The fourth-order valence-corrected chi connectivity index (χ4v) is 3.31. The lowest BCUT2D eigenvalue weighted by Crippen LogP contribution is -2.30. The van der Waals surface area contributed by atoms with Crippen molar-refractivity contribution in [3.63, 3.8) is 0 Å². The quantitative estimate of drug-likeness (QED) is 0.550. The summed E-state index contributed by atoms with van der Waals surface area (Å²) >= 11 is 0. The molecule has 0 aliphatic carbocycles. The molecule has 0 N–H and O–H groups in total. The summed E-state index contributed by atoms with van der Waals surface area (Å²) in [5.41, 5.74) is 1.54. The van der Waals surface area contributed by atoms with Crippen molar-refractivity contribution in [1.29, 1.82) is 0 Å². The number of unbranched alkanes of at least 4 members (excludes halogenated alkanes) is 2. The van der Waals surface area contributed by atoms with Crippen LogP contribution < -0.4 is 0 Å². The summed E-state index contributed by atoms with van der Waals surface area (Å²) < 4.78 is 5.45. The number of rotatable bonds is 7. The minimum atomic E-state index is 0.211. The van der Waals surface area contributed by atoms with Gasteiger partial charge in [-0.2, -0.15) is 0 Å². The topological polar surface area (TPSA) is 33.5 Å². The summed E-state index contributed by atoms with van der Waals surface area (Å²) in [4.78, 5) is 14.9. The first-order valence-electron chi connectivity index (χ1n) is 8.56. The Kier molecular flexibility index (Phi) is 5.28. The smallest absolute Gasteiger partial charge is 0.166 e. The van der Waals surface area contributed by atoms with Crippen molar-refractivity contribution in [1.82, 2.24) is 4.90 Å². The van der Waals surface area contributed by atoms with E-state index in [2.05, 4.69) is 4.90 Å². The second-order valence-electron chi connectivity index (χ2n) is 6.28. The molecule has 2 heterocycles. The number of ketones is 1. The number of benzene rings is 1. The summed E-state index contributed by atoms with van der Waals surface area (Å²) in [6.07, 6.45) is 9.66. The maximum Gasteiger partial charge on any atom is 0.166 e. The molecule has 1 fully saturated rings. The molecular weight excluding hydrogens is 274 g/mol. The number of nitrogens with zero attached hydrogens (tertiary/aromatic N) is 1. The van der Waals surface area contributed by atoms with Crippen molar-refractivity contribution >= 4 is 16.8 Å². The van der Waals surface area contributed by atoms with E-state index < -0.39 is 0 Å². The standard InChI is InChI=1S/C19H25NO2/c21-18(17-15-22-19-11-5-4-9-16(17)19)10-3-1-6-12-20-13-7-2-8-14-20/h4-5,9,11,15H,1-3,6-8,10,12-14H2. The molecule has 1 aromatic carbocycles. The molecule has 0 spiro atoms. The number of furan rings is 1. The van der Waals surface area contributed by atoms with Gasteiger partial charge >= 0.3 is 0 Å². The highest BCUT2D eigenvalue weighted by Crippen LogP contribution is 2.22. The average molecular weight is 299 g/mol. The van der Waals surface area contributed by atoms with Crippen molar-refractivity contribution in [2.24, 2.45) is 0 Å². The molecule has 1 saturated heterocycles. The second-order valence-corrected chi connectivity index (χ2v) is 6.28. The Hall–Kier alpha value is -1.61. The van der Waals surface area contributed by atoms with Crippen LogP contribution in [0.2, 0.25) is 0 Å².